The first-order chi connectivity index (χ1) is 17.7. The smallest absolute Gasteiger partial charge is 0.125 e. The van der Waals surface area contributed by atoms with Crippen LogP contribution in [0.15, 0.2) is 72.8 Å². The molecule has 0 bridgehead atoms. The average molecular weight is 475 g/mol. The monoisotopic (exact) mass is 474 g/mol. The van der Waals surface area contributed by atoms with Crippen LogP contribution < -0.4 is 15.0 Å². The summed E-state index contributed by atoms with van der Waals surface area (Å²) >= 11 is 0. The topological polar surface area (TPSA) is 6.48 Å². The molecule has 1 aliphatic carbocycles. The van der Waals surface area contributed by atoms with Crippen LogP contribution in [0.5, 0.6) is 0 Å². The van der Waals surface area contributed by atoms with E-state index >= 15 is 0 Å². The number of nitrogens with zero attached hydrogens (tertiary/aromatic N) is 2. The first-order valence-electron chi connectivity index (χ1n) is 12.8. The van der Waals surface area contributed by atoms with Crippen molar-refractivity contribution in [3.05, 3.63) is 106 Å². The lowest BCUT2D eigenvalue weighted by molar-refractivity contribution is 0.627. The maximum absolute atomic E-state index is 14.2. The van der Waals surface area contributed by atoms with E-state index in [4.69, 9.17) is 0 Å². The summed E-state index contributed by atoms with van der Waals surface area (Å²) < 4.78 is 28.3. The molecule has 0 amide bonds. The Labute approximate surface area is 208 Å². The predicted octanol–water partition coefficient (Wildman–Crippen LogP) is 6.80. The fourth-order valence-corrected chi connectivity index (χ4v) is 6.79. The second-order valence-corrected chi connectivity index (χ2v) is 10.2. The lowest BCUT2D eigenvalue weighted by Gasteiger charge is -2.29. The van der Waals surface area contributed by atoms with Gasteiger partial charge in [0.2, 0.25) is 0 Å². The van der Waals surface area contributed by atoms with Gasteiger partial charge in [0.25, 0.3) is 0 Å². The van der Waals surface area contributed by atoms with Gasteiger partial charge in [-0.25, -0.2) is 8.78 Å². The Hall–Kier alpha value is -3.92. The van der Waals surface area contributed by atoms with E-state index in [2.05, 4.69) is 46.2 Å². The van der Waals surface area contributed by atoms with Gasteiger partial charge in [0.05, 0.1) is 0 Å². The number of halogens is 2. The molecular formula is C32H24F2N2. The van der Waals surface area contributed by atoms with E-state index in [1.807, 2.05) is 12.1 Å². The van der Waals surface area contributed by atoms with Crippen LogP contribution in [0.3, 0.4) is 0 Å². The first kappa shape index (κ1) is 20.3. The molecule has 5 aromatic carbocycles. The molecular weight excluding hydrogens is 450 g/mol. The third-order valence-corrected chi connectivity index (χ3v) is 8.42. The third kappa shape index (κ3) is 2.76. The van der Waals surface area contributed by atoms with Crippen molar-refractivity contribution in [2.75, 3.05) is 22.9 Å². The molecule has 0 N–H and O–H groups in total. The van der Waals surface area contributed by atoms with E-state index in [0.717, 1.165) is 55.8 Å². The van der Waals surface area contributed by atoms with E-state index in [1.54, 1.807) is 24.3 Å². The van der Waals surface area contributed by atoms with Crippen molar-refractivity contribution in [1.82, 2.24) is 0 Å². The molecule has 0 saturated heterocycles. The summed E-state index contributed by atoms with van der Waals surface area (Å²) in [5.74, 6) is -0.374. The molecule has 4 heteroatoms. The molecule has 0 atom stereocenters. The fourth-order valence-electron chi connectivity index (χ4n) is 6.79. The van der Waals surface area contributed by atoms with Crippen LogP contribution in [-0.4, -0.2) is 13.1 Å². The summed E-state index contributed by atoms with van der Waals surface area (Å²) in [5.41, 5.74) is 8.20. The molecule has 0 aromatic heterocycles. The molecule has 0 unspecified atom stereocenters. The van der Waals surface area contributed by atoms with Crippen molar-refractivity contribution in [3.63, 3.8) is 0 Å². The highest BCUT2D eigenvalue weighted by Gasteiger charge is 2.28. The van der Waals surface area contributed by atoms with Crippen LogP contribution in [0.1, 0.15) is 23.1 Å². The SMILES string of the molecule is Fc1ccc2c(c1)N(C1=c3ccc4ccc(N5CCc6ccc(F)cc65)c5ccc(c3c45)CC1)CC2. The van der Waals surface area contributed by atoms with E-state index in [1.165, 1.54) is 49.2 Å². The maximum Gasteiger partial charge on any atom is 0.125 e. The van der Waals surface area contributed by atoms with E-state index in [0.29, 0.717) is 0 Å². The maximum atomic E-state index is 14.2. The summed E-state index contributed by atoms with van der Waals surface area (Å²) in [5, 5.41) is 6.29. The predicted molar refractivity (Wildman–Crippen MR) is 143 cm³/mol. The lowest BCUT2D eigenvalue weighted by atomic mass is 9.87. The highest BCUT2D eigenvalue weighted by molar-refractivity contribution is 6.17. The van der Waals surface area contributed by atoms with Crippen molar-refractivity contribution in [2.45, 2.75) is 25.7 Å². The van der Waals surface area contributed by atoms with E-state index in [-0.39, 0.29) is 11.6 Å². The standard InChI is InChI=1S/C32H24F2N2/c33-23-7-1-19-13-15-35(29(19)17-23)27-11-5-21-4-10-26-28(12-6-22-3-9-25(27)31(21)32(22)26)36-16-14-20-2-8-24(34)18-30(20)36/h1-5,7-11,17-18H,6,12-16H2. The minimum Gasteiger partial charge on any atom is -0.344 e. The van der Waals surface area contributed by atoms with Gasteiger partial charge in [-0.1, -0.05) is 42.5 Å². The summed E-state index contributed by atoms with van der Waals surface area (Å²) in [4.78, 5) is 4.61. The number of anilines is 3. The van der Waals surface area contributed by atoms with Gasteiger partial charge in [-0.2, -0.15) is 0 Å². The number of rotatable bonds is 2. The minimum absolute atomic E-state index is 0.179. The Morgan fingerprint density at radius 3 is 1.97 bits per heavy atom. The summed E-state index contributed by atoms with van der Waals surface area (Å²) in [6, 6.07) is 23.7. The van der Waals surface area contributed by atoms with Crippen molar-refractivity contribution in [2.24, 2.45) is 0 Å². The van der Waals surface area contributed by atoms with Gasteiger partial charge in [0.15, 0.2) is 0 Å². The van der Waals surface area contributed by atoms with E-state index < -0.39 is 0 Å². The lowest BCUT2D eigenvalue weighted by Crippen LogP contribution is -2.28. The number of benzene rings is 5. The van der Waals surface area contributed by atoms with Gasteiger partial charge in [-0.15, -0.1) is 0 Å². The minimum atomic E-state index is -0.194. The van der Waals surface area contributed by atoms with Gasteiger partial charge >= 0.3 is 0 Å². The van der Waals surface area contributed by atoms with Crippen LogP contribution in [0.2, 0.25) is 0 Å². The molecule has 2 heterocycles. The van der Waals surface area contributed by atoms with Crippen molar-refractivity contribution < 1.29 is 8.78 Å². The Morgan fingerprint density at radius 2 is 1.19 bits per heavy atom. The fraction of sp³-hybridized carbons (Fsp3) is 0.188. The first-order valence-corrected chi connectivity index (χ1v) is 12.8. The van der Waals surface area contributed by atoms with Gasteiger partial charge in [0, 0.05) is 46.5 Å². The zero-order chi connectivity index (χ0) is 24.0. The van der Waals surface area contributed by atoms with Crippen LogP contribution in [0.4, 0.5) is 25.8 Å². The molecule has 5 aromatic rings. The average Bonchev–Trinajstić information content (AvgIpc) is 3.50. The van der Waals surface area contributed by atoms with E-state index in [9.17, 15) is 8.78 Å². The molecule has 176 valence electrons. The Bertz CT molecular complexity index is 1790. The second-order valence-electron chi connectivity index (χ2n) is 10.2. The van der Waals surface area contributed by atoms with Crippen LogP contribution in [0, 0.1) is 11.6 Å². The molecule has 0 radical (unpaired) electrons. The van der Waals surface area contributed by atoms with Gasteiger partial charge in [0.1, 0.15) is 11.6 Å². The van der Waals surface area contributed by atoms with Gasteiger partial charge in [-0.05, 0) is 88.9 Å². The summed E-state index contributed by atoms with van der Waals surface area (Å²) in [6.45, 7) is 1.74. The zero-order valence-corrected chi connectivity index (χ0v) is 19.8. The molecule has 8 rings (SSSR count). The number of hydrogen-bond donors (Lipinski definition) is 0. The molecule has 0 spiro atoms. The summed E-state index contributed by atoms with van der Waals surface area (Å²) in [6.07, 6.45) is 3.78. The molecule has 2 aliphatic heterocycles. The highest BCUT2D eigenvalue weighted by atomic mass is 19.1. The number of hydrogen-bond acceptors (Lipinski definition) is 2. The molecule has 2 nitrogen and oxygen atoms in total. The van der Waals surface area contributed by atoms with Crippen molar-refractivity contribution >= 4 is 44.3 Å². The molecule has 0 fully saturated rings. The molecule has 3 aliphatic rings. The zero-order valence-electron chi connectivity index (χ0n) is 19.8. The number of aryl methyl sites for hydroxylation is 1. The Kier molecular flexibility index (Phi) is 4.11. The van der Waals surface area contributed by atoms with Crippen LogP contribution in [-0.2, 0) is 19.3 Å². The van der Waals surface area contributed by atoms with Crippen molar-refractivity contribution in [1.29, 1.82) is 0 Å². The van der Waals surface area contributed by atoms with Crippen LogP contribution in [0.25, 0.3) is 27.2 Å². The second kappa shape index (κ2) is 7.30. The van der Waals surface area contributed by atoms with Gasteiger partial charge < -0.3 is 9.80 Å². The number of fused-ring (bicyclic) bond motifs is 2. The van der Waals surface area contributed by atoms with Crippen LogP contribution >= 0.6 is 0 Å². The molecule has 36 heavy (non-hydrogen) atoms. The highest BCUT2D eigenvalue weighted by Crippen LogP contribution is 2.43. The van der Waals surface area contributed by atoms with Crippen molar-refractivity contribution in [3.8, 4) is 0 Å². The molecule has 0 saturated carbocycles. The summed E-state index contributed by atoms with van der Waals surface area (Å²) in [7, 11) is 0. The largest absolute Gasteiger partial charge is 0.344 e. The third-order valence-electron chi connectivity index (χ3n) is 8.42. The van der Waals surface area contributed by atoms with Gasteiger partial charge in [-0.3, -0.25) is 0 Å². The quantitative estimate of drug-likeness (QED) is 0.278. The normalized spacial score (nSPS) is 16.3. The Balaban J connectivity index is 1.38. The Morgan fingerprint density at radius 1 is 0.528 bits per heavy atom.